The van der Waals surface area contributed by atoms with Crippen LogP contribution in [0.15, 0.2) is 60.7 Å². The fourth-order valence-electron chi connectivity index (χ4n) is 2.53. The monoisotopic (exact) mass is 422 g/mol. The average molecular weight is 423 g/mol. The number of hydrogen-bond donors (Lipinski definition) is 0. The number of alkyl halides is 2. The third-order valence-corrected chi connectivity index (χ3v) is 4.60. The number of rotatable bonds is 5. The van der Waals surface area contributed by atoms with E-state index < -0.39 is 35.3 Å². The largest absolute Gasteiger partial charge is 0.459 e. The SMILES string of the molecule is O=C(OC[C@@H]1O[C@@H](Br)C(F)[C@@H]1OC(=O)c1ccccc1)c1ccccc1. The molecule has 0 saturated carbocycles. The summed E-state index contributed by atoms with van der Waals surface area (Å²) in [6.45, 7) is -0.233. The molecule has 0 bridgehead atoms. The minimum atomic E-state index is -1.58. The second-order valence-electron chi connectivity index (χ2n) is 5.67. The van der Waals surface area contributed by atoms with Gasteiger partial charge in [0.2, 0.25) is 0 Å². The fourth-order valence-corrected chi connectivity index (χ4v) is 3.11. The van der Waals surface area contributed by atoms with Crippen molar-refractivity contribution in [2.45, 2.75) is 23.4 Å². The van der Waals surface area contributed by atoms with E-state index in [0.29, 0.717) is 11.1 Å². The lowest BCUT2D eigenvalue weighted by Crippen LogP contribution is -2.37. The molecule has 1 saturated heterocycles. The fraction of sp³-hybridized carbons (Fsp3) is 0.263. The molecule has 0 N–H and O–H groups in total. The summed E-state index contributed by atoms with van der Waals surface area (Å²) in [4.78, 5) is 24.2. The van der Waals surface area contributed by atoms with Gasteiger partial charge in [-0.15, -0.1) is 0 Å². The van der Waals surface area contributed by atoms with E-state index in [9.17, 15) is 14.0 Å². The maximum Gasteiger partial charge on any atom is 0.338 e. The molecule has 0 radical (unpaired) electrons. The normalized spacial score (nSPS) is 24.8. The molecule has 7 heteroatoms. The highest BCUT2D eigenvalue weighted by Gasteiger charge is 2.47. The summed E-state index contributed by atoms with van der Waals surface area (Å²) in [5.41, 5.74) is 0.674. The molecule has 2 aromatic carbocycles. The lowest BCUT2D eigenvalue weighted by molar-refractivity contribution is -0.0342. The third-order valence-electron chi connectivity index (χ3n) is 3.88. The predicted molar refractivity (Wildman–Crippen MR) is 94.9 cm³/mol. The molecule has 1 unspecified atom stereocenters. The highest BCUT2D eigenvalue weighted by molar-refractivity contribution is 9.09. The maximum atomic E-state index is 14.4. The number of carbonyl (C=O) groups excluding carboxylic acids is 2. The Morgan fingerprint density at radius 1 is 0.962 bits per heavy atom. The highest BCUT2D eigenvalue weighted by Crippen LogP contribution is 2.31. The van der Waals surface area contributed by atoms with Crippen molar-refractivity contribution in [2.24, 2.45) is 0 Å². The molecule has 0 spiro atoms. The van der Waals surface area contributed by atoms with Crippen molar-refractivity contribution in [1.82, 2.24) is 0 Å². The second-order valence-corrected chi connectivity index (χ2v) is 6.57. The quantitative estimate of drug-likeness (QED) is 0.544. The van der Waals surface area contributed by atoms with Crippen LogP contribution in [-0.4, -0.2) is 41.9 Å². The van der Waals surface area contributed by atoms with Crippen molar-refractivity contribution in [3.8, 4) is 0 Å². The van der Waals surface area contributed by atoms with Crippen LogP contribution in [0.3, 0.4) is 0 Å². The Morgan fingerprint density at radius 3 is 2.08 bits per heavy atom. The van der Waals surface area contributed by atoms with E-state index in [4.69, 9.17) is 14.2 Å². The van der Waals surface area contributed by atoms with Gasteiger partial charge in [-0.25, -0.2) is 14.0 Å². The lowest BCUT2D eigenvalue weighted by Gasteiger charge is -2.19. The number of esters is 2. The highest BCUT2D eigenvalue weighted by atomic mass is 79.9. The first-order chi connectivity index (χ1) is 12.6. The molecule has 5 nitrogen and oxygen atoms in total. The topological polar surface area (TPSA) is 61.8 Å². The molecule has 4 atom stereocenters. The first kappa shape index (κ1) is 18.5. The Bertz CT molecular complexity index is 755. The van der Waals surface area contributed by atoms with Crippen molar-refractivity contribution in [2.75, 3.05) is 6.61 Å². The third kappa shape index (κ3) is 4.28. The number of halogens is 2. The summed E-state index contributed by atoms with van der Waals surface area (Å²) in [6, 6.07) is 16.7. The minimum absolute atomic E-state index is 0.233. The van der Waals surface area contributed by atoms with Gasteiger partial charge < -0.3 is 14.2 Å². The van der Waals surface area contributed by atoms with Crippen LogP contribution >= 0.6 is 15.9 Å². The Hall–Kier alpha value is -2.25. The van der Waals surface area contributed by atoms with Crippen molar-refractivity contribution in [3.63, 3.8) is 0 Å². The van der Waals surface area contributed by atoms with Crippen LogP contribution in [0.2, 0.25) is 0 Å². The number of benzene rings is 2. The average Bonchev–Trinajstić information content (AvgIpc) is 2.95. The zero-order valence-corrected chi connectivity index (χ0v) is 15.2. The molecule has 2 aromatic rings. The molecule has 0 amide bonds. The van der Waals surface area contributed by atoms with Gasteiger partial charge in [0.1, 0.15) is 17.7 Å². The van der Waals surface area contributed by atoms with E-state index in [2.05, 4.69) is 15.9 Å². The predicted octanol–water partition coefficient (Wildman–Crippen LogP) is 3.53. The van der Waals surface area contributed by atoms with Crippen molar-refractivity contribution in [1.29, 1.82) is 0 Å². The summed E-state index contributed by atoms with van der Waals surface area (Å²) >= 11 is 3.05. The second kappa shape index (κ2) is 8.42. The van der Waals surface area contributed by atoms with Gasteiger partial charge in [0.05, 0.1) is 11.1 Å². The van der Waals surface area contributed by atoms with Gasteiger partial charge in [-0.1, -0.05) is 52.3 Å². The first-order valence-corrected chi connectivity index (χ1v) is 8.89. The van der Waals surface area contributed by atoms with E-state index in [1.54, 1.807) is 60.7 Å². The lowest BCUT2D eigenvalue weighted by atomic mass is 10.1. The molecule has 0 aliphatic carbocycles. The van der Waals surface area contributed by atoms with Crippen LogP contribution in [0.1, 0.15) is 20.7 Å². The van der Waals surface area contributed by atoms with Gasteiger partial charge in [-0.2, -0.15) is 0 Å². The minimum Gasteiger partial charge on any atom is -0.459 e. The molecule has 1 fully saturated rings. The van der Waals surface area contributed by atoms with Crippen LogP contribution in [0.25, 0.3) is 0 Å². The molecular formula is C19H16BrFO5. The van der Waals surface area contributed by atoms with Crippen LogP contribution in [-0.2, 0) is 14.2 Å². The number of hydrogen-bond acceptors (Lipinski definition) is 5. The number of carbonyl (C=O) groups is 2. The summed E-state index contributed by atoms with van der Waals surface area (Å²) in [6.07, 6.45) is -3.67. The van der Waals surface area contributed by atoms with Gasteiger partial charge in [0.15, 0.2) is 12.3 Å². The molecule has 26 heavy (non-hydrogen) atoms. The van der Waals surface area contributed by atoms with Gasteiger partial charge in [-0.05, 0) is 24.3 Å². The van der Waals surface area contributed by atoms with Crippen LogP contribution in [0, 0.1) is 0 Å². The van der Waals surface area contributed by atoms with Gasteiger partial charge in [-0.3, -0.25) is 0 Å². The zero-order chi connectivity index (χ0) is 18.5. The molecule has 1 heterocycles. The van der Waals surface area contributed by atoms with Gasteiger partial charge in [0.25, 0.3) is 0 Å². The smallest absolute Gasteiger partial charge is 0.338 e. The van der Waals surface area contributed by atoms with E-state index in [-0.39, 0.29) is 6.61 Å². The molecule has 1 aliphatic rings. The Kier molecular flexibility index (Phi) is 6.00. The van der Waals surface area contributed by atoms with Crippen molar-refractivity contribution < 1.29 is 28.2 Å². The summed E-state index contributed by atoms with van der Waals surface area (Å²) < 4.78 is 30.2. The summed E-state index contributed by atoms with van der Waals surface area (Å²) in [5, 5.41) is -0.948. The molecule has 136 valence electrons. The molecule has 3 rings (SSSR count). The Labute approximate surface area is 158 Å². The van der Waals surface area contributed by atoms with E-state index in [1.165, 1.54) is 0 Å². The summed E-state index contributed by atoms with van der Waals surface area (Å²) in [5.74, 6) is -1.22. The van der Waals surface area contributed by atoms with Crippen molar-refractivity contribution in [3.05, 3.63) is 71.8 Å². The van der Waals surface area contributed by atoms with Crippen LogP contribution in [0.4, 0.5) is 4.39 Å². The molecular weight excluding hydrogens is 407 g/mol. The molecule has 1 aliphatic heterocycles. The summed E-state index contributed by atoms with van der Waals surface area (Å²) in [7, 11) is 0. The van der Waals surface area contributed by atoms with Crippen LogP contribution in [0.5, 0.6) is 0 Å². The van der Waals surface area contributed by atoms with E-state index in [1.807, 2.05) is 0 Å². The molecule has 0 aromatic heterocycles. The first-order valence-electron chi connectivity index (χ1n) is 7.98. The van der Waals surface area contributed by atoms with E-state index in [0.717, 1.165) is 0 Å². The standard InChI is InChI=1S/C19H16BrFO5/c20-17-15(21)16(26-19(23)13-9-5-2-6-10-13)14(25-17)11-24-18(22)12-7-3-1-4-8-12/h1-10,14-17H,11H2/t14-,15?,16+,17+/m0/s1. The van der Waals surface area contributed by atoms with Crippen molar-refractivity contribution >= 4 is 27.9 Å². The number of ether oxygens (including phenoxy) is 3. The maximum absolute atomic E-state index is 14.4. The zero-order valence-electron chi connectivity index (χ0n) is 13.6. The van der Waals surface area contributed by atoms with Gasteiger partial charge >= 0.3 is 11.9 Å². The van der Waals surface area contributed by atoms with Gasteiger partial charge in [0, 0.05) is 0 Å². The van der Waals surface area contributed by atoms with Crippen LogP contribution < -0.4 is 0 Å². The Balaban J connectivity index is 1.63. The Morgan fingerprint density at radius 2 is 1.50 bits per heavy atom. The van der Waals surface area contributed by atoms with E-state index >= 15 is 0 Å².